The zero-order chi connectivity index (χ0) is 41.5. The van der Waals surface area contributed by atoms with Gasteiger partial charge in [-0.05, 0) is 106 Å². The maximum Gasteiger partial charge on any atom is 0.329 e. The number of hydrogen-bond donors (Lipinski definition) is 2. The number of carbonyl (C=O) groups excluding carboxylic acids is 3. The van der Waals surface area contributed by atoms with Gasteiger partial charge in [0.2, 0.25) is 11.8 Å². The number of nitrogens with zero attached hydrogens (tertiary/aromatic N) is 9. The molecular weight excluding hydrogens is 763 g/mol. The molecule has 60 heavy (non-hydrogen) atoms. The van der Waals surface area contributed by atoms with Crippen molar-refractivity contribution in [2.45, 2.75) is 89.5 Å². The quantitative estimate of drug-likeness (QED) is 0.149. The van der Waals surface area contributed by atoms with E-state index in [1.54, 1.807) is 11.2 Å². The van der Waals surface area contributed by atoms with Gasteiger partial charge in [0, 0.05) is 48.1 Å². The minimum absolute atomic E-state index is 0.0250. The first-order valence-electron chi connectivity index (χ1n) is 21.0. The summed E-state index contributed by atoms with van der Waals surface area (Å²) < 4.78 is 15.3. The monoisotopic (exact) mass is 813 g/mol. The molecular formula is C44H51N11O5. The second-order valence-corrected chi connectivity index (χ2v) is 17.3. The van der Waals surface area contributed by atoms with Gasteiger partial charge in [0.1, 0.15) is 12.1 Å². The van der Waals surface area contributed by atoms with Crippen LogP contribution in [0.3, 0.4) is 0 Å². The summed E-state index contributed by atoms with van der Waals surface area (Å²) >= 11 is 0. The van der Waals surface area contributed by atoms with Crippen molar-refractivity contribution in [2.75, 3.05) is 37.7 Å². The van der Waals surface area contributed by atoms with Crippen LogP contribution >= 0.6 is 0 Å². The summed E-state index contributed by atoms with van der Waals surface area (Å²) in [4.78, 5) is 50.5. The number of benzene rings is 2. The van der Waals surface area contributed by atoms with Crippen LogP contribution in [0.25, 0.3) is 27.7 Å². The number of anilines is 1. The molecule has 0 radical (unpaired) electrons. The van der Waals surface area contributed by atoms with E-state index in [0.29, 0.717) is 30.8 Å². The van der Waals surface area contributed by atoms with Crippen molar-refractivity contribution >= 4 is 40.1 Å². The van der Waals surface area contributed by atoms with Crippen LogP contribution in [0.4, 0.5) is 10.6 Å². The molecule has 1 unspecified atom stereocenters. The molecule has 16 nitrogen and oxygen atoms in total. The Morgan fingerprint density at radius 1 is 1.00 bits per heavy atom. The molecule has 2 N–H and O–H groups in total. The van der Waals surface area contributed by atoms with Gasteiger partial charge in [0.05, 0.1) is 29.4 Å². The summed E-state index contributed by atoms with van der Waals surface area (Å²) in [5.74, 6) is 1.61. The fourth-order valence-electron chi connectivity index (χ4n) is 8.68. The van der Waals surface area contributed by atoms with Gasteiger partial charge in [0.15, 0.2) is 5.82 Å². The summed E-state index contributed by atoms with van der Waals surface area (Å²) in [6, 6.07) is 14.1. The number of hydrogen-bond acceptors (Lipinski definition) is 11. The molecule has 2 aromatic carbocycles. The molecule has 7 heterocycles. The summed E-state index contributed by atoms with van der Waals surface area (Å²) in [5.41, 5.74) is 6.76. The number of nitrogens with one attached hydrogen (secondary N) is 2. The average molecular weight is 814 g/mol. The van der Waals surface area contributed by atoms with Crippen molar-refractivity contribution in [3.63, 3.8) is 0 Å². The third-order valence-electron chi connectivity index (χ3n) is 12.0. The first kappa shape index (κ1) is 39.3. The highest BCUT2D eigenvalue weighted by Gasteiger charge is 2.30. The Morgan fingerprint density at radius 2 is 1.85 bits per heavy atom. The Morgan fingerprint density at radius 3 is 2.65 bits per heavy atom. The minimum Gasteiger partial charge on any atom is -0.493 e. The molecule has 9 rings (SSSR count). The third kappa shape index (κ3) is 7.95. The van der Waals surface area contributed by atoms with Gasteiger partial charge < -0.3 is 19.5 Å². The fraction of sp³-hybridized carbons (Fsp3) is 0.455. The predicted molar refractivity (Wildman–Crippen MR) is 224 cm³/mol. The smallest absolute Gasteiger partial charge is 0.329 e. The van der Waals surface area contributed by atoms with Crippen LogP contribution < -0.4 is 20.3 Å². The number of aromatic nitrogens is 7. The first-order chi connectivity index (χ1) is 29.0. The van der Waals surface area contributed by atoms with E-state index >= 15 is 0 Å². The molecule has 16 heteroatoms. The number of rotatable bonds is 10. The highest BCUT2D eigenvalue weighted by Crippen LogP contribution is 2.37. The van der Waals surface area contributed by atoms with Crippen LogP contribution in [0.5, 0.6) is 5.75 Å². The van der Waals surface area contributed by atoms with Crippen molar-refractivity contribution in [1.82, 2.24) is 50.1 Å². The van der Waals surface area contributed by atoms with E-state index < -0.39 is 6.03 Å². The molecule has 0 saturated carbocycles. The van der Waals surface area contributed by atoms with E-state index in [9.17, 15) is 14.4 Å². The maximum atomic E-state index is 13.2. The van der Waals surface area contributed by atoms with Crippen molar-refractivity contribution in [2.24, 2.45) is 7.05 Å². The van der Waals surface area contributed by atoms with E-state index in [0.717, 1.165) is 104 Å². The number of urea groups is 1. The normalized spacial score (nSPS) is 18.1. The van der Waals surface area contributed by atoms with Crippen LogP contribution in [0.1, 0.15) is 111 Å². The second kappa shape index (κ2) is 16.1. The van der Waals surface area contributed by atoms with Crippen LogP contribution in [0.2, 0.25) is 0 Å². The molecule has 2 saturated heterocycles. The number of carbonyl (C=O) groups is 3. The lowest BCUT2D eigenvalue weighted by Gasteiger charge is -2.32. The molecule has 1 atom stereocenters. The van der Waals surface area contributed by atoms with Crippen LogP contribution in [-0.4, -0.2) is 90.1 Å². The van der Waals surface area contributed by atoms with E-state index in [4.69, 9.17) is 14.2 Å². The van der Waals surface area contributed by atoms with Crippen molar-refractivity contribution < 1.29 is 23.6 Å². The average Bonchev–Trinajstić information content (AvgIpc) is 3.95. The van der Waals surface area contributed by atoms with Crippen LogP contribution in [-0.2, 0) is 23.7 Å². The van der Waals surface area contributed by atoms with Crippen LogP contribution in [0.15, 0.2) is 59.5 Å². The number of amides is 4. The van der Waals surface area contributed by atoms with Gasteiger partial charge in [-0.15, -0.1) is 0 Å². The van der Waals surface area contributed by atoms with E-state index in [2.05, 4.69) is 66.3 Å². The summed E-state index contributed by atoms with van der Waals surface area (Å²) in [6.45, 7) is 9.95. The van der Waals surface area contributed by atoms with Gasteiger partial charge in [-0.2, -0.15) is 15.2 Å². The maximum absolute atomic E-state index is 13.2. The van der Waals surface area contributed by atoms with Crippen LogP contribution in [0, 0.1) is 0 Å². The standard InChI is InChI=1S/C44H51N11O5/c1-44(2,3)42-49-39(51-60-42)41(57)47-33-9-7-21-59-36-24-30(11-12-31(33)36)38-35-22-27(25-55(35)46-26-45-38)8-5-6-17-53-18-14-28(15-19-53)29-10-13-32-34(23-29)52(4)50-40(32)54-20-16-37(56)48-43(54)58/h10-13,22-26,28,33H,5-9,14-21H2,1-4H3,(H,47,57)(H,48,56,58). The predicted octanol–water partition coefficient (Wildman–Crippen LogP) is 6.26. The first-order valence-corrected chi connectivity index (χ1v) is 21.0. The topological polar surface area (TPSA) is 178 Å². The van der Waals surface area contributed by atoms with Gasteiger partial charge in [-0.25, -0.2) is 14.3 Å². The van der Waals surface area contributed by atoms with E-state index in [1.165, 1.54) is 11.1 Å². The second-order valence-electron chi connectivity index (χ2n) is 17.3. The summed E-state index contributed by atoms with van der Waals surface area (Å²) in [7, 11) is 1.91. The molecule has 4 amide bonds. The number of unbranched alkanes of at least 4 members (excludes halogenated alkanes) is 1. The number of piperidine rings is 1. The highest BCUT2D eigenvalue weighted by atomic mass is 16.5. The molecule has 312 valence electrons. The zero-order valence-corrected chi connectivity index (χ0v) is 34.6. The number of likely N-dealkylation sites (tertiary alicyclic amines) is 1. The molecule has 6 aromatic rings. The Kier molecular flexibility index (Phi) is 10.6. The Hall–Kier alpha value is -6.16. The minimum atomic E-state index is -0.417. The SMILES string of the molecule is Cn1nc(N2CCC(=O)NC2=O)c2ccc(C3CCN(CCCCc4cc5c(-c6ccc7c(c6)OCCCC7NC(=O)c6noc(C(C)(C)C)n6)ncnn5c4)CC3)cc21. The number of fused-ring (bicyclic) bond motifs is 3. The number of imide groups is 1. The molecule has 3 aliphatic heterocycles. The third-order valence-corrected chi connectivity index (χ3v) is 12.0. The van der Waals surface area contributed by atoms with Crippen molar-refractivity contribution in [1.29, 1.82) is 0 Å². The van der Waals surface area contributed by atoms with E-state index in [1.807, 2.05) is 55.2 Å². The highest BCUT2D eigenvalue weighted by molar-refractivity contribution is 6.08. The summed E-state index contributed by atoms with van der Waals surface area (Å²) in [5, 5.41) is 19.5. The van der Waals surface area contributed by atoms with E-state index in [-0.39, 0.29) is 35.5 Å². The zero-order valence-electron chi connectivity index (χ0n) is 34.6. The molecule has 4 aromatic heterocycles. The lowest BCUT2D eigenvalue weighted by molar-refractivity contribution is -0.120. The lowest BCUT2D eigenvalue weighted by Crippen LogP contribution is -2.49. The molecule has 0 spiro atoms. The van der Waals surface area contributed by atoms with Crippen molar-refractivity contribution in [3.8, 4) is 17.0 Å². The molecule has 2 fully saturated rings. The molecule has 3 aliphatic rings. The van der Waals surface area contributed by atoms with Gasteiger partial charge in [-0.3, -0.25) is 24.5 Å². The number of ether oxygens (including phenoxy) is 1. The van der Waals surface area contributed by atoms with Gasteiger partial charge >= 0.3 is 6.03 Å². The Balaban J connectivity index is 0.790. The van der Waals surface area contributed by atoms with Gasteiger partial charge in [0.25, 0.3) is 11.7 Å². The summed E-state index contributed by atoms with van der Waals surface area (Å²) in [6.07, 6.45) is 10.8. The fourth-order valence-corrected chi connectivity index (χ4v) is 8.68. The van der Waals surface area contributed by atoms with Gasteiger partial charge in [-0.1, -0.05) is 44.1 Å². The van der Waals surface area contributed by atoms with Crippen molar-refractivity contribution in [3.05, 3.63) is 83.4 Å². The molecule has 0 bridgehead atoms. The molecule has 0 aliphatic carbocycles. The Bertz CT molecular complexity index is 2580. The Labute approximate surface area is 347 Å². The number of aryl methyl sites for hydroxylation is 2. The lowest BCUT2D eigenvalue weighted by atomic mass is 9.89. The largest absolute Gasteiger partial charge is 0.493 e.